The number of amides is 1. The van der Waals surface area contributed by atoms with Gasteiger partial charge in [-0.05, 0) is 24.3 Å². The second-order valence-electron chi connectivity index (χ2n) is 7.68. The fourth-order valence-electron chi connectivity index (χ4n) is 3.72. The molecule has 5 rings (SSSR count). The number of hydrogen-bond donors (Lipinski definition) is 1. The molecule has 34 heavy (non-hydrogen) atoms. The Bertz CT molecular complexity index is 1470. The van der Waals surface area contributed by atoms with Crippen molar-refractivity contribution in [3.05, 3.63) is 70.9 Å². The van der Waals surface area contributed by atoms with Crippen molar-refractivity contribution in [2.75, 3.05) is 26.2 Å². The van der Waals surface area contributed by atoms with Crippen LogP contribution in [0.4, 0.5) is 0 Å². The summed E-state index contributed by atoms with van der Waals surface area (Å²) in [7, 11) is -3.76. The number of nitrogens with zero attached hydrogens (tertiary/aromatic N) is 6. The quantitative estimate of drug-likeness (QED) is 0.331. The molecule has 0 atom stereocenters. The molecule has 1 aliphatic rings. The minimum atomic E-state index is -3.76. The first kappa shape index (κ1) is 22.2. The number of nitrogens with one attached hydrogen (secondary N) is 1. The molecule has 0 aliphatic carbocycles. The van der Waals surface area contributed by atoms with Crippen molar-refractivity contribution in [2.24, 2.45) is 0 Å². The van der Waals surface area contributed by atoms with E-state index in [0.717, 1.165) is 0 Å². The maximum atomic E-state index is 13.1. The Balaban J connectivity index is 1.26. The van der Waals surface area contributed by atoms with Crippen molar-refractivity contribution in [3.8, 4) is 11.4 Å². The van der Waals surface area contributed by atoms with Gasteiger partial charge < -0.3 is 15.1 Å². The predicted molar refractivity (Wildman–Crippen MR) is 122 cm³/mol. The maximum Gasteiger partial charge on any atom is 0.276 e. The number of pyridine rings is 1. The van der Waals surface area contributed by atoms with Crippen LogP contribution < -0.4 is 4.73 Å². The van der Waals surface area contributed by atoms with E-state index in [1.54, 1.807) is 36.4 Å². The van der Waals surface area contributed by atoms with Gasteiger partial charge in [-0.15, -0.1) is 10.2 Å². The van der Waals surface area contributed by atoms with Crippen LogP contribution >= 0.6 is 11.6 Å². The number of halogens is 1. The van der Waals surface area contributed by atoms with Crippen LogP contribution in [0.1, 0.15) is 10.5 Å². The summed E-state index contributed by atoms with van der Waals surface area (Å²) in [4.78, 5) is 21.4. The average molecular weight is 500 g/mol. The number of fused-ring (bicyclic) bond motifs is 1. The molecular weight excluding hydrogens is 482 g/mol. The zero-order chi connectivity index (χ0) is 23.9. The zero-order valence-corrected chi connectivity index (χ0v) is 19.2. The largest absolute Gasteiger partial charge is 0.619 e. The summed E-state index contributed by atoms with van der Waals surface area (Å²) in [6.07, 6.45) is 3.95. The molecule has 0 unspecified atom stereocenters. The van der Waals surface area contributed by atoms with Gasteiger partial charge in [-0.25, -0.2) is 13.4 Å². The van der Waals surface area contributed by atoms with Crippen LogP contribution in [-0.2, 0) is 10.0 Å². The molecule has 0 radical (unpaired) electrons. The summed E-state index contributed by atoms with van der Waals surface area (Å²) in [5.41, 5.74) is 1.33. The molecule has 1 N–H and O–H groups in total. The molecular formula is C21H18ClN7O4S. The van der Waals surface area contributed by atoms with Crippen molar-refractivity contribution in [3.63, 3.8) is 0 Å². The van der Waals surface area contributed by atoms with E-state index in [1.807, 2.05) is 0 Å². The van der Waals surface area contributed by atoms with Gasteiger partial charge in [0.15, 0.2) is 23.9 Å². The molecule has 0 bridgehead atoms. The molecule has 1 saturated heterocycles. The van der Waals surface area contributed by atoms with Crippen molar-refractivity contribution < 1.29 is 17.9 Å². The molecule has 0 spiro atoms. The highest BCUT2D eigenvalue weighted by molar-refractivity contribution is 7.89. The van der Waals surface area contributed by atoms with E-state index in [4.69, 9.17) is 11.6 Å². The first-order chi connectivity index (χ1) is 16.3. The van der Waals surface area contributed by atoms with Crippen molar-refractivity contribution in [1.29, 1.82) is 0 Å². The van der Waals surface area contributed by atoms with Gasteiger partial charge in [0.05, 0.1) is 6.20 Å². The zero-order valence-electron chi connectivity index (χ0n) is 17.6. The smallest absolute Gasteiger partial charge is 0.276 e. The molecule has 4 heterocycles. The Hall–Kier alpha value is -3.61. The van der Waals surface area contributed by atoms with E-state index >= 15 is 0 Å². The molecule has 1 fully saturated rings. The number of piperazine rings is 1. The Morgan fingerprint density at radius 3 is 2.47 bits per heavy atom. The second kappa shape index (κ2) is 8.63. The Morgan fingerprint density at radius 1 is 1.06 bits per heavy atom. The van der Waals surface area contributed by atoms with Crippen LogP contribution in [0.15, 0.2) is 60.0 Å². The lowest BCUT2D eigenvalue weighted by atomic mass is 10.2. The van der Waals surface area contributed by atoms with Crippen LogP contribution in [0.2, 0.25) is 5.02 Å². The van der Waals surface area contributed by atoms with E-state index in [0.29, 0.717) is 26.2 Å². The molecule has 4 aromatic rings. The van der Waals surface area contributed by atoms with E-state index < -0.39 is 10.0 Å². The van der Waals surface area contributed by atoms with Gasteiger partial charge in [-0.2, -0.15) is 9.04 Å². The highest BCUT2D eigenvalue weighted by atomic mass is 35.5. The van der Waals surface area contributed by atoms with Crippen LogP contribution in [0.3, 0.4) is 0 Å². The molecule has 11 nitrogen and oxygen atoms in total. The highest BCUT2D eigenvalue weighted by Gasteiger charge is 2.32. The molecule has 13 heteroatoms. The van der Waals surface area contributed by atoms with Crippen LogP contribution in [0.5, 0.6) is 0 Å². The fourth-order valence-corrected chi connectivity index (χ4v) is 5.33. The summed E-state index contributed by atoms with van der Waals surface area (Å²) < 4.78 is 28.2. The van der Waals surface area contributed by atoms with Crippen LogP contribution in [0, 0.1) is 5.21 Å². The van der Waals surface area contributed by atoms with E-state index in [9.17, 15) is 18.4 Å². The Kier molecular flexibility index (Phi) is 5.63. The van der Waals surface area contributed by atoms with Gasteiger partial charge in [0, 0.05) is 59.8 Å². The molecule has 1 aliphatic heterocycles. The molecule has 0 saturated carbocycles. The van der Waals surface area contributed by atoms with Crippen LogP contribution in [-0.4, -0.2) is 69.9 Å². The summed E-state index contributed by atoms with van der Waals surface area (Å²) >= 11 is 6.00. The minimum absolute atomic E-state index is 0.0578. The lowest BCUT2D eigenvalue weighted by Crippen LogP contribution is -2.50. The number of aromatic nitrogens is 5. The lowest BCUT2D eigenvalue weighted by molar-refractivity contribution is -0.605. The summed E-state index contributed by atoms with van der Waals surface area (Å²) in [5.74, 6) is -0.0954. The van der Waals surface area contributed by atoms with Crippen molar-refractivity contribution in [1.82, 2.24) is 29.4 Å². The second-order valence-corrected chi connectivity index (χ2v) is 10.0. The number of aromatic amines is 1. The SMILES string of the molecule is O=C(c1cnc(-c2cc[n+]([O-])cc2)nn1)N1CCN(S(=O)(=O)c2cc3cc(Cl)ccc3[nH]2)CC1. The molecule has 3 aromatic heterocycles. The van der Waals surface area contributed by atoms with Crippen LogP contribution in [0.25, 0.3) is 22.3 Å². The molecule has 174 valence electrons. The van der Waals surface area contributed by atoms with Gasteiger partial charge in [-0.1, -0.05) is 11.6 Å². The summed E-state index contributed by atoms with van der Waals surface area (Å²) in [6.45, 7) is 0.691. The third kappa shape index (κ3) is 4.18. The first-order valence-corrected chi connectivity index (χ1v) is 12.1. The van der Waals surface area contributed by atoms with Crippen molar-refractivity contribution >= 4 is 38.4 Å². The number of hydrogen-bond acceptors (Lipinski definition) is 7. The minimum Gasteiger partial charge on any atom is -0.619 e. The number of carbonyl (C=O) groups is 1. The number of carbonyl (C=O) groups excluding carboxylic acids is 1. The average Bonchev–Trinajstić information content (AvgIpc) is 3.28. The highest BCUT2D eigenvalue weighted by Crippen LogP contribution is 2.25. The van der Waals surface area contributed by atoms with E-state index in [-0.39, 0.29) is 48.6 Å². The fraction of sp³-hybridized carbons (Fsp3) is 0.190. The molecule has 1 aromatic carbocycles. The van der Waals surface area contributed by atoms with Gasteiger partial charge in [0.25, 0.3) is 15.9 Å². The standard InChI is InChI=1S/C21H18ClN7O4S/c22-16-1-2-17-15(11-16)12-19(24-17)34(32,33)29-9-7-27(8-10-29)21(30)18-13-23-20(26-25-18)14-3-5-28(31)6-4-14/h1-6,11-13,24H,7-10H2. The van der Waals surface area contributed by atoms with E-state index in [2.05, 4.69) is 20.2 Å². The molecule has 1 amide bonds. The summed E-state index contributed by atoms with van der Waals surface area (Å²) in [6, 6.07) is 9.76. The van der Waals surface area contributed by atoms with Gasteiger partial charge in [0.1, 0.15) is 5.03 Å². The topological polar surface area (TPSA) is 139 Å². The van der Waals surface area contributed by atoms with Crippen molar-refractivity contribution in [2.45, 2.75) is 5.03 Å². The van der Waals surface area contributed by atoms with Gasteiger partial charge >= 0.3 is 0 Å². The number of sulfonamides is 1. The lowest BCUT2D eigenvalue weighted by Gasteiger charge is -2.33. The van der Waals surface area contributed by atoms with Gasteiger partial charge in [0.2, 0.25) is 0 Å². The number of benzene rings is 1. The third-order valence-corrected chi connectivity index (χ3v) is 7.60. The summed E-state index contributed by atoms with van der Waals surface area (Å²) in [5, 5.41) is 20.4. The third-order valence-electron chi connectivity index (χ3n) is 5.54. The first-order valence-electron chi connectivity index (χ1n) is 10.3. The maximum absolute atomic E-state index is 13.1. The predicted octanol–water partition coefficient (Wildman–Crippen LogP) is 1.45. The van der Waals surface area contributed by atoms with Gasteiger partial charge in [-0.3, -0.25) is 4.79 Å². The number of H-pyrrole nitrogens is 1. The normalized spacial score (nSPS) is 15.0. The monoisotopic (exact) mass is 499 g/mol. The van der Waals surface area contributed by atoms with E-state index in [1.165, 1.54) is 27.8 Å². The Morgan fingerprint density at radius 2 is 1.79 bits per heavy atom. The Labute approximate surface area is 199 Å². The number of rotatable bonds is 4.